The van der Waals surface area contributed by atoms with Gasteiger partial charge in [-0.1, -0.05) is 18.2 Å². The minimum atomic E-state index is -0.145. The van der Waals surface area contributed by atoms with Gasteiger partial charge in [-0.2, -0.15) is 5.10 Å². The lowest BCUT2D eigenvalue weighted by molar-refractivity contribution is -0.136. The molecule has 0 radical (unpaired) electrons. The van der Waals surface area contributed by atoms with E-state index >= 15 is 0 Å². The SMILES string of the molecule is Cc1cccc2cnn(CCC(=O)NCC(=O)N3CCOCC3)c12. The molecule has 7 nitrogen and oxygen atoms in total. The number of ether oxygens (including phenoxy) is 1. The van der Waals surface area contributed by atoms with Crippen molar-refractivity contribution in [1.82, 2.24) is 20.0 Å². The van der Waals surface area contributed by atoms with Crippen LogP contribution in [-0.4, -0.2) is 59.3 Å². The first-order valence-electron chi connectivity index (χ1n) is 8.18. The van der Waals surface area contributed by atoms with Crippen molar-refractivity contribution in [3.63, 3.8) is 0 Å². The second-order valence-electron chi connectivity index (χ2n) is 5.90. The van der Waals surface area contributed by atoms with Crippen LogP contribution in [0.4, 0.5) is 0 Å². The van der Waals surface area contributed by atoms with Gasteiger partial charge >= 0.3 is 0 Å². The largest absolute Gasteiger partial charge is 0.378 e. The predicted molar refractivity (Wildman–Crippen MR) is 89.5 cm³/mol. The van der Waals surface area contributed by atoms with Crippen molar-refractivity contribution in [2.75, 3.05) is 32.8 Å². The maximum Gasteiger partial charge on any atom is 0.242 e. The summed E-state index contributed by atoms with van der Waals surface area (Å²) in [5.74, 6) is -0.208. The number of rotatable bonds is 5. The van der Waals surface area contributed by atoms with Gasteiger partial charge in [0, 0.05) is 24.9 Å². The van der Waals surface area contributed by atoms with Gasteiger partial charge in [0.25, 0.3) is 0 Å². The molecular formula is C17H22N4O3. The van der Waals surface area contributed by atoms with Gasteiger partial charge in [-0.15, -0.1) is 0 Å². The molecule has 1 N–H and O–H groups in total. The fourth-order valence-electron chi connectivity index (χ4n) is 2.89. The van der Waals surface area contributed by atoms with Crippen LogP contribution in [-0.2, 0) is 20.9 Å². The maximum absolute atomic E-state index is 12.0. The Bertz CT molecular complexity index is 735. The minimum absolute atomic E-state index is 0.0394. The molecule has 3 rings (SSSR count). The Hall–Kier alpha value is -2.41. The van der Waals surface area contributed by atoms with E-state index in [1.165, 1.54) is 0 Å². The lowest BCUT2D eigenvalue weighted by Gasteiger charge is -2.26. The zero-order valence-electron chi connectivity index (χ0n) is 13.8. The summed E-state index contributed by atoms with van der Waals surface area (Å²) in [6.45, 7) is 4.86. The predicted octanol–water partition coefficient (Wildman–Crippen LogP) is 0.710. The Kier molecular flexibility index (Phi) is 5.10. The summed E-state index contributed by atoms with van der Waals surface area (Å²) in [5, 5.41) is 8.10. The average Bonchev–Trinajstić information content (AvgIpc) is 3.03. The van der Waals surface area contributed by atoms with Crippen molar-refractivity contribution in [3.8, 4) is 0 Å². The van der Waals surface area contributed by atoms with E-state index in [1.807, 2.05) is 36.0 Å². The molecule has 0 aliphatic carbocycles. The molecule has 128 valence electrons. The number of amides is 2. The quantitative estimate of drug-likeness (QED) is 0.876. The molecule has 7 heteroatoms. The summed E-state index contributed by atoms with van der Waals surface area (Å²) >= 11 is 0. The van der Waals surface area contributed by atoms with E-state index in [1.54, 1.807) is 4.90 Å². The third-order valence-electron chi connectivity index (χ3n) is 4.21. The van der Waals surface area contributed by atoms with E-state index < -0.39 is 0 Å². The van der Waals surface area contributed by atoms with Crippen LogP contribution in [0.5, 0.6) is 0 Å². The standard InChI is InChI=1S/C17H22N4O3/c1-13-3-2-4-14-11-19-21(17(13)14)6-5-15(22)18-12-16(23)20-7-9-24-10-8-20/h2-4,11H,5-10,12H2,1H3,(H,18,22). The minimum Gasteiger partial charge on any atom is -0.378 e. The summed E-state index contributed by atoms with van der Waals surface area (Å²) in [7, 11) is 0. The normalized spacial score (nSPS) is 14.8. The van der Waals surface area contributed by atoms with Crippen molar-refractivity contribution < 1.29 is 14.3 Å². The fourth-order valence-corrected chi connectivity index (χ4v) is 2.89. The highest BCUT2D eigenvalue weighted by molar-refractivity contribution is 5.85. The zero-order valence-corrected chi connectivity index (χ0v) is 13.8. The van der Waals surface area contributed by atoms with Gasteiger partial charge < -0.3 is 15.0 Å². The van der Waals surface area contributed by atoms with Crippen LogP contribution in [0.25, 0.3) is 10.9 Å². The molecule has 2 aromatic rings. The molecule has 0 atom stereocenters. The lowest BCUT2D eigenvalue weighted by atomic mass is 10.2. The van der Waals surface area contributed by atoms with Gasteiger partial charge in [-0.3, -0.25) is 14.3 Å². The molecule has 24 heavy (non-hydrogen) atoms. The molecule has 1 fully saturated rings. The molecule has 2 amide bonds. The highest BCUT2D eigenvalue weighted by Crippen LogP contribution is 2.17. The summed E-state index contributed by atoms with van der Waals surface area (Å²) < 4.78 is 7.05. The van der Waals surface area contributed by atoms with Gasteiger partial charge in [0.2, 0.25) is 11.8 Å². The number of morpholine rings is 1. The number of fused-ring (bicyclic) bond motifs is 1. The average molecular weight is 330 g/mol. The molecule has 0 spiro atoms. The molecule has 1 aromatic heterocycles. The Labute approximate surface area is 140 Å². The summed E-state index contributed by atoms with van der Waals surface area (Å²) in [6, 6.07) is 6.03. The number of aryl methyl sites for hydroxylation is 2. The van der Waals surface area contributed by atoms with Gasteiger partial charge in [0.05, 0.1) is 38.0 Å². The van der Waals surface area contributed by atoms with Crippen molar-refractivity contribution in [1.29, 1.82) is 0 Å². The van der Waals surface area contributed by atoms with Crippen LogP contribution >= 0.6 is 0 Å². The number of hydrogen-bond donors (Lipinski definition) is 1. The molecule has 0 saturated carbocycles. The van der Waals surface area contributed by atoms with Crippen LogP contribution in [0.1, 0.15) is 12.0 Å². The Balaban J connectivity index is 1.49. The zero-order chi connectivity index (χ0) is 16.9. The van der Waals surface area contributed by atoms with Gasteiger partial charge in [-0.05, 0) is 12.5 Å². The fraction of sp³-hybridized carbons (Fsp3) is 0.471. The van der Waals surface area contributed by atoms with Gasteiger partial charge in [0.15, 0.2) is 0 Å². The van der Waals surface area contributed by atoms with Crippen LogP contribution in [0, 0.1) is 6.92 Å². The van der Waals surface area contributed by atoms with E-state index in [0.717, 1.165) is 16.5 Å². The molecule has 0 bridgehead atoms. The first-order chi connectivity index (χ1) is 11.6. The monoisotopic (exact) mass is 330 g/mol. The van der Waals surface area contributed by atoms with Crippen LogP contribution in [0.15, 0.2) is 24.4 Å². The number of nitrogens with one attached hydrogen (secondary N) is 1. The molecule has 1 aromatic carbocycles. The van der Waals surface area contributed by atoms with Crippen LogP contribution in [0.2, 0.25) is 0 Å². The van der Waals surface area contributed by atoms with Crippen molar-refractivity contribution in [2.24, 2.45) is 0 Å². The third-order valence-corrected chi connectivity index (χ3v) is 4.21. The number of para-hydroxylation sites is 1. The van der Waals surface area contributed by atoms with Gasteiger partial charge in [-0.25, -0.2) is 0 Å². The molecule has 1 aliphatic heterocycles. The van der Waals surface area contributed by atoms with E-state index in [4.69, 9.17) is 4.74 Å². The van der Waals surface area contributed by atoms with Crippen LogP contribution in [0.3, 0.4) is 0 Å². The number of carbonyl (C=O) groups is 2. The third kappa shape index (κ3) is 3.73. The molecule has 1 aliphatic rings. The Morgan fingerprint density at radius 2 is 2.08 bits per heavy atom. The van der Waals surface area contributed by atoms with E-state index in [2.05, 4.69) is 10.4 Å². The smallest absolute Gasteiger partial charge is 0.242 e. The summed E-state index contributed by atoms with van der Waals surface area (Å²) in [6.07, 6.45) is 2.10. The molecular weight excluding hydrogens is 308 g/mol. The van der Waals surface area contributed by atoms with Crippen LogP contribution < -0.4 is 5.32 Å². The number of carbonyl (C=O) groups excluding carboxylic acids is 2. The number of hydrogen-bond acceptors (Lipinski definition) is 4. The van der Waals surface area contributed by atoms with Gasteiger partial charge in [0.1, 0.15) is 0 Å². The van der Waals surface area contributed by atoms with Crippen molar-refractivity contribution in [3.05, 3.63) is 30.0 Å². The lowest BCUT2D eigenvalue weighted by Crippen LogP contribution is -2.45. The maximum atomic E-state index is 12.0. The van der Waals surface area contributed by atoms with Crippen molar-refractivity contribution >= 4 is 22.7 Å². The summed E-state index contributed by atoms with van der Waals surface area (Å²) in [4.78, 5) is 25.7. The Morgan fingerprint density at radius 3 is 2.88 bits per heavy atom. The van der Waals surface area contributed by atoms with Crippen molar-refractivity contribution in [2.45, 2.75) is 19.9 Å². The summed E-state index contributed by atoms with van der Waals surface area (Å²) in [5.41, 5.74) is 2.18. The second kappa shape index (κ2) is 7.44. The van der Waals surface area contributed by atoms with E-state index in [9.17, 15) is 9.59 Å². The topological polar surface area (TPSA) is 76.5 Å². The Morgan fingerprint density at radius 1 is 1.29 bits per heavy atom. The number of aromatic nitrogens is 2. The first kappa shape index (κ1) is 16.4. The highest BCUT2D eigenvalue weighted by Gasteiger charge is 2.17. The highest BCUT2D eigenvalue weighted by atomic mass is 16.5. The first-order valence-corrected chi connectivity index (χ1v) is 8.18. The molecule has 0 unspecified atom stereocenters. The van der Waals surface area contributed by atoms with E-state index in [-0.39, 0.29) is 18.4 Å². The molecule has 2 heterocycles. The number of benzene rings is 1. The molecule has 1 saturated heterocycles. The second-order valence-corrected chi connectivity index (χ2v) is 5.90. The van der Waals surface area contributed by atoms with E-state index in [0.29, 0.717) is 39.3 Å². The number of nitrogens with zero attached hydrogens (tertiary/aromatic N) is 3.